The molecule has 10 nitrogen and oxygen atoms in total. The Labute approximate surface area is 186 Å². The summed E-state index contributed by atoms with van der Waals surface area (Å²) in [7, 11) is -3.59. The third-order valence-electron chi connectivity index (χ3n) is 6.03. The molecule has 2 atom stereocenters. The van der Waals surface area contributed by atoms with E-state index in [1.54, 1.807) is 4.90 Å². The van der Waals surface area contributed by atoms with E-state index in [0.29, 0.717) is 19.6 Å². The molecule has 0 aliphatic carbocycles. The second-order valence-corrected chi connectivity index (χ2v) is 11.6. The van der Waals surface area contributed by atoms with Gasteiger partial charge in [-0.15, -0.1) is 0 Å². The molecule has 2 fully saturated rings. The van der Waals surface area contributed by atoms with Crippen LogP contribution in [-0.2, 0) is 15.0 Å². The van der Waals surface area contributed by atoms with Crippen LogP contribution < -0.4 is 10.6 Å². The average molecular weight is 462 g/mol. The minimum atomic E-state index is -3.59. The average Bonchev–Trinajstić information content (AvgIpc) is 3.14. The zero-order valence-corrected chi connectivity index (χ0v) is 20.2. The largest absolute Gasteiger partial charge is 0.394 e. The molecule has 2 heterocycles. The molecule has 0 bridgehead atoms. The summed E-state index contributed by atoms with van der Waals surface area (Å²) in [5, 5.41) is 14.8. The number of carbonyl (C=O) groups is 2. The van der Waals surface area contributed by atoms with Gasteiger partial charge in [-0.05, 0) is 38.5 Å². The topological polar surface area (TPSA) is 122 Å². The summed E-state index contributed by atoms with van der Waals surface area (Å²) in [5.74, 6) is -0.231. The van der Waals surface area contributed by atoms with Crippen LogP contribution >= 0.6 is 0 Å². The first-order valence-electron chi connectivity index (χ1n) is 11.1. The quantitative estimate of drug-likeness (QED) is 0.505. The van der Waals surface area contributed by atoms with Crippen molar-refractivity contribution >= 4 is 22.1 Å². The van der Waals surface area contributed by atoms with E-state index in [-0.39, 0.29) is 37.7 Å². The Morgan fingerprint density at radius 2 is 1.81 bits per heavy atom. The van der Waals surface area contributed by atoms with Crippen molar-refractivity contribution in [2.75, 3.05) is 39.3 Å². The van der Waals surface area contributed by atoms with Crippen LogP contribution in [0.25, 0.3) is 0 Å². The van der Waals surface area contributed by atoms with Crippen LogP contribution in [0.2, 0.25) is 0 Å². The Hall–Kier alpha value is -1.43. The molecule has 0 radical (unpaired) electrons. The number of aliphatic hydroxyl groups excluding tert-OH is 1. The van der Waals surface area contributed by atoms with Gasteiger partial charge in [0.2, 0.25) is 5.91 Å². The lowest BCUT2D eigenvalue weighted by Gasteiger charge is -2.41. The Kier molecular flexibility index (Phi) is 8.71. The van der Waals surface area contributed by atoms with Gasteiger partial charge in [0.05, 0.1) is 19.2 Å². The lowest BCUT2D eigenvalue weighted by atomic mass is 9.86. The maximum Gasteiger partial charge on any atom is 0.315 e. The molecule has 2 rings (SSSR count). The highest BCUT2D eigenvalue weighted by Gasteiger charge is 2.39. The summed E-state index contributed by atoms with van der Waals surface area (Å²) in [6.07, 6.45) is 2.34. The van der Waals surface area contributed by atoms with E-state index in [2.05, 4.69) is 10.6 Å². The fourth-order valence-electron chi connectivity index (χ4n) is 4.05. The van der Waals surface area contributed by atoms with Gasteiger partial charge in [0.15, 0.2) is 0 Å². The molecule has 3 N–H and O–H groups in total. The summed E-state index contributed by atoms with van der Waals surface area (Å²) < 4.78 is 28.9. The molecule has 180 valence electrons. The number of aliphatic hydroxyl groups is 1. The van der Waals surface area contributed by atoms with E-state index in [9.17, 15) is 23.1 Å². The molecule has 11 heteroatoms. The highest BCUT2D eigenvalue weighted by molar-refractivity contribution is 7.86. The van der Waals surface area contributed by atoms with Crippen LogP contribution in [0.1, 0.15) is 53.9 Å². The number of amides is 3. The second kappa shape index (κ2) is 10.5. The van der Waals surface area contributed by atoms with Crippen LogP contribution in [0.3, 0.4) is 0 Å². The van der Waals surface area contributed by atoms with Crippen molar-refractivity contribution in [1.82, 2.24) is 24.1 Å². The third-order valence-corrected chi connectivity index (χ3v) is 8.21. The Morgan fingerprint density at radius 3 is 2.39 bits per heavy atom. The lowest BCUT2D eigenvalue weighted by molar-refractivity contribution is -0.131. The van der Waals surface area contributed by atoms with Gasteiger partial charge in [0, 0.05) is 38.3 Å². The third kappa shape index (κ3) is 6.53. The van der Waals surface area contributed by atoms with E-state index in [4.69, 9.17) is 0 Å². The molecular formula is C20H39N5O5S. The Balaban J connectivity index is 1.98. The highest BCUT2D eigenvalue weighted by Crippen LogP contribution is 2.25. The van der Waals surface area contributed by atoms with E-state index in [1.165, 1.54) is 8.61 Å². The number of hydrogen-bond donors (Lipinski definition) is 3. The van der Waals surface area contributed by atoms with Gasteiger partial charge in [0.25, 0.3) is 10.2 Å². The van der Waals surface area contributed by atoms with Crippen LogP contribution in [0, 0.1) is 5.41 Å². The predicted octanol–water partition coefficient (Wildman–Crippen LogP) is 0.345. The van der Waals surface area contributed by atoms with Gasteiger partial charge in [-0.2, -0.15) is 17.0 Å². The van der Waals surface area contributed by atoms with Crippen molar-refractivity contribution in [3.05, 3.63) is 0 Å². The van der Waals surface area contributed by atoms with Crippen LogP contribution in [-0.4, -0.2) is 96.4 Å². The van der Waals surface area contributed by atoms with Gasteiger partial charge in [0.1, 0.15) is 0 Å². The van der Waals surface area contributed by atoms with Gasteiger partial charge < -0.3 is 20.6 Å². The van der Waals surface area contributed by atoms with E-state index < -0.39 is 27.7 Å². The van der Waals surface area contributed by atoms with E-state index >= 15 is 0 Å². The highest BCUT2D eigenvalue weighted by atomic mass is 32.2. The molecule has 0 aromatic rings. The molecule has 3 amide bonds. The normalized spacial score (nSPS) is 23.7. The zero-order chi connectivity index (χ0) is 23.4. The summed E-state index contributed by atoms with van der Waals surface area (Å²) in [6.45, 7) is 10.9. The molecule has 2 aliphatic heterocycles. The van der Waals surface area contributed by atoms with E-state index in [1.807, 2.05) is 34.6 Å². The molecule has 1 unspecified atom stereocenters. The first kappa shape index (κ1) is 25.8. The maximum absolute atomic E-state index is 13.0. The molecule has 2 aliphatic rings. The predicted molar refractivity (Wildman–Crippen MR) is 119 cm³/mol. The van der Waals surface area contributed by atoms with Crippen LogP contribution in [0.4, 0.5) is 4.79 Å². The number of nitrogens with one attached hydrogen (secondary N) is 2. The number of hydrogen-bond acceptors (Lipinski definition) is 5. The van der Waals surface area contributed by atoms with Crippen molar-refractivity contribution in [1.29, 1.82) is 0 Å². The Bertz CT molecular complexity index is 737. The molecular weight excluding hydrogens is 422 g/mol. The van der Waals surface area contributed by atoms with Crippen molar-refractivity contribution in [3.8, 4) is 0 Å². The molecule has 2 saturated heterocycles. The SMILES string of the molecule is CC(C)N1CCCN(CC(NC(=O)NCC(=O)N2CCC[C@H]2CO)C(C)(C)C)S1(=O)=O. The number of carbonyl (C=O) groups excluding carboxylic acids is 2. The van der Waals surface area contributed by atoms with Crippen molar-refractivity contribution in [3.63, 3.8) is 0 Å². The molecule has 0 spiro atoms. The van der Waals surface area contributed by atoms with Crippen molar-refractivity contribution < 1.29 is 23.1 Å². The standard InChI is InChI=1S/C20H39N5O5S/c1-15(2)25-11-7-9-23(31(25,29)30)13-17(20(3,4)5)22-19(28)21-12-18(27)24-10-6-8-16(24)14-26/h15-17,26H,6-14H2,1-5H3,(H2,21,22,28)/t16-,17?/m0/s1. The van der Waals surface area contributed by atoms with E-state index in [0.717, 1.165) is 19.3 Å². The smallest absolute Gasteiger partial charge is 0.315 e. The second-order valence-electron chi connectivity index (χ2n) is 9.74. The molecule has 0 aromatic carbocycles. The zero-order valence-electron chi connectivity index (χ0n) is 19.4. The lowest BCUT2D eigenvalue weighted by Crippen LogP contribution is -2.59. The summed E-state index contributed by atoms with van der Waals surface area (Å²) in [4.78, 5) is 26.5. The number of nitrogens with zero attached hydrogens (tertiary/aromatic N) is 3. The van der Waals surface area contributed by atoms with Crippen LogP contribution in [0.15, 0.2) is 0 Å². The summed E-state index contributed by atoms with van der Waals surface area (Å²) >= 11 is 0. The first-order chi connectivity index (χ1) is 14.4. The maximum atomic E-state index is 13.0. The minimum absolute atomic E-state index is 0.0816. The molecule has 31 heavy (non-hydrogen) atoms. The van der Waals surface area contributed by atoms with Crippen molar-refractivity contribution in [2.45, 2.75) is 72.0 Å². The fraction of sp³-hybridized carbons (Fsp3) is 0.900. The first-order valence-corrected chi connectivity index (χ1v) is 12.5. The number of urea groups is 1. The number of rotatable bonds is 7. The molecule has 0 aromatic heterocycles. The Morgan fingerprint density at radius 1 is 1.13 bits per heavy atom. The van der Waals surface area contributed by atoms with Crippen molar-refractivity contribution in [2.24, 2.45) is 5.41 Å². The van der Waals surface area contributed by atoms with Gasteiger partial charge in [-0.25, -0.2) is 4.79 Å². The number of likely N-dealkylation sites (tertiary alicyclic amines) is 1. The summed E-state index contributed by atoms with van der Waals surface area (Å²) in [6, 6.07) is -1.27. The molecule has 0 saturated carbocycles. The van der Waals surface area contributed by atoms with Gasteiger partial charge in [-0.1, -0.05) is 20.8 Å². The monoisotopic (exact) mass is 461 g/mol. The summed E-state index contributed by atoms with van der Waals surface area (Å²) in [5.41, 5.74) is -0.395. The van der Waals surface area contributed by atoms with Gasteiger partial charge in [-0.3, -0.25) is 4.79 Å². The van der Waals surface area contributed by atoms with Crippen LogP contribution in [0.5, 0.6) is 0 Å². The fourth-order valence-corrected chi connectivity index (χ4v) is 5.94. The van der Waals surface area contributed by atoms with Gasteiger partial charge >= 0.3 is 6.03 Å². The minimum Gasteiger partial charge on any atom is -0.394 e.